The highest BCUT2D eigenvalue weighted by atomic mass is 31.2. The lowest BCUT2D eigenvalue weighted by molar-refractivity contribution is -0.171. The molecule has 0 radical (unpaired) electrons. The van der Waals surface area contributed by atoms with Gasteiger partial charge in [0.15, 0.2) is 11.8 Å². The molecule has 3 heterocycles. The number of nitrogens with one attached hydrogen (secondary N) is 1. The molecular formula is C17H17F2N2O8P. The van der Waals surface area contributed by atoms with Crippen molar-refractivity contribution in [3.8, 4) is 5.75 Å². The van der Waals surface area contributed by atoms with E-state index >= 15 is 0 Å². The molecule has 10 nitrogen and oxygen atoms in total. The van der Waals surface area contributed by atoms with Crippen LogP contribution in [0.5, 0.6) is 5.75 Å². The van der Waals surface area contributed by atoms with Crippen LogP contribution in [-0.2, 0) is 25.0 Å². The summed E-state index contributed by atoms with van der Waals surface area (Å²) in [4.78, 5) is 25.1. The van der Waals surface area contributed by atoms with Crippen molar-refractivity contribution in [2.24, 2.45) is 0 Å². The second kappa shape index (κ2) is 7.71. The Morgan fingerprint density at radius 3 is 2.83 bits per heavy atom. The number of phosphoric ester groups is 1. The first-order valence-electron chi connectivity index (χ1n) is 8.83. The zero-order valence-corrected chi connectivity index (χ0v) is 16.2. The SMILES string of the molecule is O=c1ccn(C2OC(COP3(=O)OCc4ccccc4O3)(C(F)F)CC2O)c(=O)[nH]1. The molecule has 2 aliphatic heterocycles. The zero-order valence-electron chi connectivity index (χ0n) is 15.3. The standard InChI is InChI=1S/C17H17F2N2O8P/c18-15(19)17(7-11(22)14(28-17)21-6-5-13(23)20-16(21)24)9-27-30(25)26-8-10-3-1-2-4-12(10)29-30/h1-6,11,14-15,22H,7-9H2,(H,20,23,24). The van der Waals surface area contributed by atoms with E-state index in [4.69, 9.17) is 18.3 Å². The Hall–Kier alpha value is -2.37. The van der Waals surface area contributed by atoms with Crippen LogP contribution >= 0.6 is 7.82 Å². The van der Waals surface area contributed by atoms with Crippen LogP contribution in [0.3, 0.4) is 0 Å². The number of fused-ring (bicyclic) bond motifs is 1. The van der Waals surface area contributed by atoms with Crippen molar-refractivity contribution in [3.63, 3.8) is 0 Å². The predicted octanol–water partition coefficient (Wildman–Crippen LogP) is 1.55. The van der Waals surface area contributed by atoms with E-state index in [1.165, 1.54) is 6.07 Å². The number of benzene rings is 1. The number of alkyl halides is 2. The van der Waals surface area contributed by atoms with E-state index in [0.29, 0.717) is 5.56 Å². The summed E-state index contributed by atoms with van der Waals surface area (Å²) >= 11 is 0. The third-order valence-electron chi connectivity index (χ3n) is 4.79. The van der Waals surface area contributed by atoms with Crippen molar-refractivity contribution in [2.75, 3.05) is 6.61 Å². The first kappa shape index (κ1) is 20.9. The predicted molar refractivity (Wildman–Crippen MR) is 96.2 cm³/mol. The van der Waals surface area contributed by atoms with E-state index in [1.807, 2.05) is 4.98 Å². The summed E-state index contributed by atoms with van der Waals surface area (Å²) in [5.41, 5.74) is -3.42. The fraction of sp³-hybridized carbons (Fsp3) is 0.412. The topological polar surface area (TPSA) is 129 Å². The van der Waals surface area contributed by atoms with E-state index < -0.39 is 56.5 Å². The lowest BCUT2D eigenvalue weighted by Gasteiger charge is -2.31. The van der Waals surface area contributed by atoms with Gasteiger partial charge < -0.3 is 14.4 Å². The Bertz CT molecular complexity index is 1110. The molecule has 0 amide bonds. The molecule has 1 fully saturated rings. The average Bonchev–Trinajstić information content (AvgIpc) is 3.04. The van der Waals surface area contributed by atoms with Crippen molar-refractivity contribution in [3.05, 3.63) is 62.9 Å². The number of para-hydroxylation sites is 1. The summed E-state index contributed by atoms with van der Waals surface area (Å²) in [7, 11) is -4.22. The monoisotopic (exact) mass is 446 g/mol. The van der Waals surface area contributed by atoms with Crippen LogP contribution in [0, 0.1) is 0 Å². The number of rotatable bonds is 5. The molecule has 0 bridgehead atoms. The minimum atomic E-state index is -4.22. The molecule has 13 heteroatoms. The Balaban J connectivity index is 1.54. The van der Waals surface area contributed by atoms with Gasteiger partial charge in [-0.15, -0.1) is 0 Å². The highest BCUT2D eigenvalue weighted by molar-refractivity contribution is 7.49. The minimum Gasteiger partial charge on any atom is -0.404 e. The third kappa shape index (κ3) is 3.84. The number of phosphoric acid groups is 1. The maximum atomic E-state index is 13.9. The van der Waals surface area contributed by atoms with Crippen LogP contribution in [0.25, 0.3) is 0 Å². The lowest BCUT2D eigenvalue weighted by Crippen LogP contribution is -2.43. The normalized spacial score (nSPS) is 30.8. The molecule has 1 saturated heterocycles. The number of aromatic amines is 1. The van der Waals surface area contributed by atoms with Gasteiger partial charge in [-0.25, -0.2) is 18.1 Å². The summed E-state index contributed by atoms with van der Waals surface area (Å²) in [5, 5.41) is 10.3. The first-order valence-corrected chi connectivity index (χ1v) is 10.3. The molecule has 4 unspecified atom stereocenters. The molecule has 4 atom stereocenters. The van der Waals surface area contributed by atoms with Gasteiger partial charge in [-0.3, -0.25) is 23.4 Å². The molecule has 2 aliphatic rings. The number of hydrogen-bond donors (Lipinski definition) is 2. The lowest BCUT2D eigenvalue weighted by atomic mass is 10.0. The first-order chi connectivity index (χ1) is 14.2. The molecule has 0 aliphatic carbocycles. The summed E-state index contributed by atoms with van der Waals surface area (Å²) in [6, 6.07) is 7.56. The number of aromatic nitrogens is 2. The Morgan fingerprint density at radius 2 is 2.10 bits per heavy atom. The van der Waals surface area contributed by atoms with Crippen LogP contribution in [-0.4, -0.2) is 39.4 Å². The van der Waals surface area contributed by atoms with E-state index in [-0.39, 0.29) is 12.4 Å². The molecule has 30 heavy (non-hydrogen) atoms. The molecule has 162 valence electrons. The molecule has 2 aromatic rings. The highest BCUT2D eigenvalue weighted by Gasteiger charge is 2.55. The van der Waals surface area contributed by atoms with Gasteiger partial charge in [0.25, 0.3) is 12.0 Å². The summed E-state index contributed by atoms with van der Waals surface area (Å²) in [6.45, 7) is -1.04. The van der Waals surface area contributed by atoms with E-state index in [1.54, 1.807) is 18.2 Å². The minimum absolute atomic E-state index is 0.103. The fourth-order valence-electron chi connectivity index (χ4n) is 3.25. The van der Waals surface area contributed by atoms with Crippen LogP contribution in [0.4, 0.5) is 8.78 Å². The zero-order chi connectivity index (χ0) is 21.5. The van der Waals surface area contributed by atoms with E-state index in [2.05, 4.69) is 0 Å². The van der Waals surface area contributed by atoms with Gasteiger partial charge in [0.2, 0.25) is 0 Å². The number of aliphatic hydroxyl groups is 1. The Morgan fingerprint density at radius 1 is 1.33 bits per heavy atom. The van der Waals surface area contributed by atoms with Gasteiger partial charge in [0.1, 0.15) is 11.9 Å². The molecular weight excluding hydrogens is 429 g/mol. The summed E-state index contributed by atoms with van der Waals surface area (Å²) < 4.78 is 62.1. The second-order valence-electron chi connectivity index (χ2n) is 6.86. The molecule has 0 spiro atoms. The Kier molecular flexibility index (Phi) is 5.37. The quantitative estimate of drug-likeness (QED) is 0.662. The van der Waals surface area contributed by atoms with Crippen LogP contribution in [0.15, 0.2) is 46.1 Å². The molecule has 4 rings (SSSR count). The maximum absolute atomic E-state index is 13.9. The second-order valence-corrected chi connectivity index (χ2v) is 8.45. The van der Waals surface area contributed by atoms with Crippen molar-refractivity contribution < 1.29 is 36.8 Å². The van der Waals surface area contributed by atoms with Crippen LogP contribution < -0.4 is 15.8 Å². The number of aliphatic hydroxyl groups excluding tert-OH is 1. The highest BCUT2D eigenvalue weighted by Crippen LogP contribution is 2.55. The van der Waals surface area contributed by atoms with E-state index in [9.17, 15) is 28.0 Å². The number of H-pyrrole nitrogens is 1. The van der Waals surface area contributed by atoms with Gasteiger partial charge in [-0.05, 0) is 6.07 Å². The van der Waals surface area contributed by atoms with Crippen LogP contribution in [0.1, 0.15) is 18.2 Å². The van der Waals surface area contributed by atoms with Crippen molar-refractivity contribution >= 4 is 7.82 Å². The van der Waals surface area contributed by atoms with Gasteiger partial charge in [-0.1, -0.05) is 18.2 Å². The van der Waals surface area contributed by atoms with Crippen LogP contribution in [0.2, 0.25) is 0 Å². The number of nitrogens with zero attached hydrogens (tertiary/aromatic N) is 1. The van der Waals surface area contributed by atoms with Gasteiger partial charge in [0, 0.05) is 24.2 Å². The number of halogens is 2. The van der Waals surface area contributed by atoms with E-state index in [0.717, 1.165) is 16.8 Å². The number of ether oxygens (including phenoxy) is 1. The van der Waals surface area contributed by atoms with Crippen molar-refractivity contribution in [1.29, 1.82) is 0 Å². The van der Waals surface area contributed by atoms with Gasteiger partial charge >= 0.3 is 13.5 Å². The smallest absolute Gasteiger partial charge is 0.404 e. The number of hydrogen-bond acceptors (Lipinski definition) is 8. The summed E-state index contributed by atoms with van der Waals surface area (Å²) in [5.74, 6) is 0.239. The van der Waals surface area contributed by atoms with Crippen molar-refractivity contribution in [1.82, 2.24) is 9.55 Å². The summed E-state index contributed by atoms with van der Waals surface area (Å²) in [6.07, 6.45) is -5.82. The molecule has 1 aromatic heterocycles. The maximum Gasteiger partial charge on any atom is 0.530 e. The van der Waals surface area contributed by atoms with Gasteiger partial charge in [0.05, 0.1) is 13.2 Å². The largest absolute Gasteiger partial charge is 0.530 e. The molecule has 2 N–H and O–H groups in total. The average molecular weight is 446 g/mol. The molecule has 1 aromatic carbocycles. The Labute approximate surface area is 167 Å². The fourth-order valence-corrected chi connectivity index (χ4v) is 4.52. The van der Waals surface area contributed by atoms with Crippen molar-refractivity contribution in [2.45, 2.75) is 37.4 Å². The van der Waals surface area contributed by atoms with Gasteiger partial charge in [-0.2, -0.15) is 0 Å². The third-order valence-corrected chi connectivity index (χ3v) is 6.10. The molecule has 0 saturated carbocycles.